The number of rotatable bonds is 7. The number of methoxy groups -OCH3 is 1. The van der Waals surface area contributed by atoms with E-state index in [2.05, 4.69) is 39.5 Å². The van der Waals surface area contributed by atoms with Gasteiger partial charge in [0.2, 0.25) is 5.91 Å². The molecule has 0 bridgehead atoms. The summed E-state index contributed by atoms with van der Waals surface area (Å²) in [6.07, 6.45) is 0.862. The summed E-state index contributed by atoms with van der Waals surface area (Å²) < 4.78 is 5.25. The second kappa shape index (κ2) is 13.1. The molecule has 0 radical (unpaired) electrons. The molecule has 1 heterocycles. The van der Waals surface area contributed by atoms with E-state index in [-0.39, 0.29) is 29.9 Å². The fraction of sp³-hybridized carbons (Fsp3) is 0.417. The van der Waals surface area contributed by atoms with Crippen molar-refractivity contribution in [2.24, 2.45) is 4.99 Å². The Morgan fingerprint density at radius 2 is 1.69 bits per heavy atom. The molecule has 174 valence electrons. The van der Waals surface area contributed by atoms with E-state index >= 15 is 0 Å². The Hall–Kier alpha value is -2.49. The highest BCUT2D eigenvalue weighted by atomic mass is 127. The third kappa shape index (κ3) is 7.58. The first-order valence-corrected chi connectivity index (χ1v) is 10.9. The number of halogens is 1. The van der Waals surface area contributed by atoms with Crippen LogP contribution >= 0.6 is 24.0 Å². The van der Waals surface area contributed by atoms with Gasteiger partial charge in [-0.15, -0.1) is 24.0 Å². The average molecular weight is 551 g/mol. The van der Waals surface area contributed by atoms with Crippen LogP contribution in [0.25, 0.3) is 0 Å². The van der Waals surface area contributed by atoms with Gasteiger partial charge in [0.1, 0.15) is 5.75 Å². The van der Waals surface area contributed by atoms with Crippen molar-refractivity contribution >= 4 is 47.2 Å². The van der Waals surface area contributed by atoms with Gasteiger partial charge >= 0.3 is 0 Å². The predicted molar refractivity (Wildman–Crippen MR) is 143 cm³/mol. The highest BCUT2D eigenvalue weighted by Crippen LogP contribution is 2.20. The van der Waals surface area contributed by atoms with Crippen LogP contribution in [-0.2, 0) is 11.2 Å². The summed E-state index contributed by atoms with van der Waals surface area (Å²) in [6, 6.07) is 16.2. The highest BCUT2D eigenvalue weighted by Gasteiger charge is 2.19. The molecule has 0 saturated carbocycles. The molecule has 3 rings (SSSR count). The lowest BCUT2D eigenvalue weighted by Gasteiger charge is -2.37. The first kappa shape index (κ1) is 25.8. The van der Waals surface area contributed by atoms with E-state index in [0.29, 0.717) is 0 Å². The van der Waals surface area contributed by atoms with Crippen LogP contribution in [0.5, 0.6) is 5.75 Å². The van der Waals surface area contributed by atoms with Gasteiger partial charge in [-0.3, -0.25) is 9.79 Å². The van der Waals surface area contributed by atoms with Gasteiger partial charge in [0, 0.05) is 57.6 Å². The van der Waals surface area contributed by atoms with Crippen molar-refractivity contribution in [3.8, 4) is 5.75 Å². The van der Waals surface area contributed by atoms with Crippen LogP contribution in [0.4, 0.5) is 11.4 Å². The number of benzene rings is 2. The van der Waals surface area contributed by atoms with Gasteiger partial charge in [0.25, 0.3) is 0 Å². The summed E-state index contributed by atoms with van der Waals surface area (Å²) in [5, 5.41) is 6.23. The average Bonchev–Trinajstić information content (AvgIpc) is 2.79. The fourth-order valence-corrected chi connectivity index (χ4v) is 3.64. The molecular formula is C24H34IN5O2. The van der Waals surface area contributed by atoms with E-state index in [1.807, 2.05) is 36.4 Å². The lowest BCUT2D eigenvalue weighted by Crippen LogP contribution is -2.52. The molecule has 1 saturated heterocycles. The molecule has 2 N–H and O–H groups in total. The fourth-order valence-electron chi connectivity index (χ4n) is 3.64. The SMILES string of the molecule is CCNC(=NCCc1ccc(NC(C)=O)cc1)N1CCN(c2ccc(OC)cc2)CC1.I. The summed E-state index contributed by atoms with van der Waals surface area (Å²) >= 11 is 0. The number of carbonyl (C=O) groups excluding carboxylic acids is 1. The minimum Gasteiger partial charge on any atom is -0.497 e. The molecule has 7 nitrogen and oxygen atoms in total. The van der Waals surface area contributed by atoms with Gasteiger partial charge < -0.3 is 25.2 Å². The summed E-state index contributed by atoms with van der Waals surface area (Å²) in [6.45, 7) is 8.98. The number of anilines is 2. The van der Waals surface area contributed by atoms with Crippen LogP contribution in [0.3, 0.4) is 0 Å². The lowest BCUT2D eigenvalue weighted by atomic mass is 10.1. The van der Waals surface area contributed by atoms with Gasteiger partial charge in [-0.25, -0.2) is 0 Å². The van der Waals surface area contributed by atoms with E-state index in [9.17, 15) is 4.79 Å². The van der Waals surface area contributed by atoms with Crippen LogP contribution in [0.15, 0.2) is 53.5 Å². The number of guanidine groups is 1. The van der Waals surface area contributed by atoms with Crippen LogP contribution in [0.1, 0.15) is 19.4 Å². The normalized spacial score (nSPS) is 13.9. The number of piperazine rings is 1. The standard InChI is InChI=1S/C24H33N5O2.HI/c1-4-25-24(26-14-13-20-5-7-21(8-6-20)27-19(2)30)29-17-15-28(16-18-29)22-9-11-23(31-3)12-10-22;/h5-12H,4,13-18H2,1-3H3,(H,25,26)(H,27,30);1H. The maximum Gasteiger partial charge on any atom is 0.221 e. The van der Waals surface area contributed by atoms with Crippen molar-refractivity contribution in [1.82, 2.24) is 10.2 Å². The van der Waals surface area contributed by atoms with Gasteiger partial charge in [0.15, 0.2) is 5.96 Å². The first-order valence-electron chi connectivity index (χ1n) is 10.9. The van der Waals surface area contributed by atoms with Crippen molar-refractivity contribution in [3.63, 3.8) is 0 Å². The Labute approximate surface area is 208 Å². The molecule has 1 aliphatic heterocycles. The lowest BCUT2D eigenvalue weighted by molar-refractivity contribution is -0.114. The van der Waals surface area contributed by atoms with Crippen LogP contribution in [0.2, 0.25) is 0 Å². The monoisotopic (exact) mass is 551 g/mol. The molecule has 2 aromatic carbocycles. The maximum absolute atomic E-state index is 11.1. The number of nitrogens with zero attached hydrogens (tertiary/aromatic N) is 3. The number of nitrogens with one attached hydrogen (secondary N) is 2. The number of ether oxygens (including phenoxy) is 1. The molecule has 8 heteroatoms. The largest absolute Gasteiger partial charge is 0.497 e. The van der Waals surface area contributed by atoms with Crippen molar-refractivity contribution in [1.29, 1.82) is 0 Å². The zero-order valence-corrected chi connectivity index (χ0v) is 21.5. The molecule has 1 fully saturated rings. The molecule has 0 aliphatic carbocycles. The van der Waals surface area contributed by atoms with E-state index in [0.717, 1.165) is 63.1 Å². The Balaban J connectivity index is 0.00000363. The molecule has 0 atom stereocenters. The molecule has 0 spiro atoms. The van der Waals surface area contributed by atoms with E-state index in [1.165, 1.54) is 18.2 Å². The summed E-state index contributed by atoms with van der Waals surface area (Å²) in [5.41, 5.74) is 3.26. The molecule has 0 aromatic heterocycles. The van der Waals surface area contributed by atoms with Crippen molar-refractivity contribution in [2.75, 3.05) is 56.6 Å². The molecule has 1 amide bonds. The smallest absolute Gasteiger partial charge is 0.221 e. The van der Waals surface area contributed by atoms with Crippen molar-refractivity contribution in [3.05, 3.63) is 54.1 Å². The second-order valence-electron chi connectivity index (χ2n) is 7.54. The quantitative estimate of drug-likeness (QED) is 0.313. The molecular weight excluding hydrogens is 517 g/mol. The minimum absolute atomic E-state index is 0. The van der Waals surface area contributed by atoms with Gasteiger partial charge in [-0.05, 0) is 55.3 Å². The number of amides is 1. The molecule has 0 unspecified atom stereocenters. The Morgan fingerprint density at radius 3 is 2.25 bits per heavy atom. The predicted octanol–water partition coefficient (Wildman–Crippen LogP) is 3.60. The van der Waals surface area contributed by atoms with E-state index < -0.39 is 0 Å². The Kier molecular flexibility index (Phi) is 10.6. The molecule has 1 aliphatic rings. The third-order valence-electron chi connectivity index (χ3n) is 5.29. The zero-order chi connectivity index (χ0) is 22.1. The van der Waals surface area contributed by atoms with Crippen molar-refractivity contribution < 1.29 is 9.53 Å². The minimum atomic E-state index is -0.0558. The second-order valence-corrected chi connectivity index (χ2v) is 7.54. The van der Waals surface area contributed by atoms with Crippen LogP contribution < -0.4 is 20.3 Å². The molecule has 32 heavy (non-hydrogen) atoms. The Morgan fingerprint density at radius 1 is 1.03 bits per heavy atom. The van der Waals surface area contributed by atoms with Gasteiger partial charge in [-0.2, -0.15) is 0 Å². The number of hydrogen-bond donors (Lipinski definition) is 2. The highest BCUT2D eigenvalue weighted by molar-refractivity contribution is 14.0. The maximum atomic E-state index is 11.1. The first-order chi connectivity index (χ1) is 15.1. The van der Waals surface area contributed by atoms with Gasteiger partial charge in [-0.1, -0.05) is 12.1 Å². The third-order valence-corrected chi connectivity index (χ3v) is 5.29. The van der Waals surface area contributed by atoms with E-state index in [1.54, 1.807) is 7.11 Å². The molecule has 2 aromatic rings. The van der Waals surface area contributed by atoms with Crippen LogP contribution in [-0.4, -0.2) is 63.1 Å². The summed E-state index contributed by atoms with van der Waals surface area (Å²) in [4.78, 5) is 20.7. The Bertz CT molecular complexity index is 863. The van der Waals surface area contributed by atoms with E-state index in [4.69, 9.17) is 9.73 Å². The zero-order valence-electron chi connectivity index (χ0n) is 19.1. The van der Waals surface area contributed by atoms with Crippen LogP contribution in [0, 0.1) is 0 Å². The number of aliphatic imine (C=N–C) groups is 1. The van der Waals surface area contributed by atoms with Gasteiger partial charge in [0.05, 0.1) is 7.11 Å². The number of hydrogen-bond acceptors (Lipinski definition) is 4. The topological polar surface area (TPSA) is 69.2 Å². The number of carbonyl (C=O) groups is 1. The summed E-state index contributed by atoms with van der Waals surface area (Å²) in [7, 11) is 1.69. The summed E-state index contributed by atoms with van der Waals surface area (Å²) in [5.74, 6) is 1.81. The van der Waals surface area contributed by atoms with Crippen molar-refractivity contribution in [2.45, 2.75) is 20.3 Å².